The van der Waals surface area contributed by atoms with Gasteiger partial charge in [-0.2, -0.15) is 0 Å². The van der Waals surface area contributed by atoms with Crippen LogP contribution in [0.3, 0.4) is 0 Å². The van der Waals surface area contributed by atoms with Crippen LogP contribution in [0.25, 0.3) is 22.6 Å². The van der Waals surface area contributed by atoms with Crippen LogP contribution in [0.5, 0.6) is 0 Å². The first kappa shape index (κ1) is 17.5. The van der Waals surface area contributed by atoms with Gasteiger partial charge in [0.05, 0.1) is 0 Å². The van der Waals surface area contributed by atoms with Crippen molar-refractivity contribution in [1.29, 1.82) is 0 Å². The highest BCUT2D eigenvalue weighted by atomic mass is 16.4. The summed E-state index contributed by atoms with van der Waals surface area (Å²) in [5, 5.41) is 0. The zero-order chi connectivity index (χ0) is 17.9. The zero-order valence-corrected chi connectivity index (χ0v) is 15.7. The predicted molar refractivity (Wildman–Crippen MR) is 105 cm³/mol. The van der Waals surface area contributed by atoms with E-state index in [-0.39, 0.29) is 5.41 Å². The minimum atomic E-state index is -0.0794. The molecule has 2 aromatic carbocycles. The summed E-state index contributed by atoms with van der Waals surface area (Å²) < 4.78 is 6.30. The number of benzene rings is 2. The Morgan fingerprint density at radius 2 is 1.56 bits per heavy atom. The smallest absolute Gasteiger partial charge is 0.201 e. The summed E-state index contributed by atoms with van der Waals surface area (Å²) in [4.78, 5) is 4.89. The molecule has 0 bridgehead atoms. The fourth-order valence-electron chi connectivity index (χ4n) is 2.86. The van der Waals surface area contributed by atoms with Gasteiger partial charge in [0, 0.05) is 16.5 Å². The van der Waals surface area contributed by atoms with E-state index in [0.717, 1.165) is 47.7 Å². The van der Waals surface area contributed by atoms with Crippen LogP contribution in [0.2, 0.25) is 0 Å². The van der Waals surface area contributed by atoms with E-state index < -0.39 is 0 Å². The molecule has 2 nitrogen and oxygen atoms in total. The van der Waals surface area contributed by atoms with Crippen molar-refractivity contribution in [3.8, 4) is 22.6 Å². The molecular weight excluding hydrogens is 306 g/mol. The summed E-state index contributed by atoms with van der Waals surface area (Å²) in [7, 11) is 0. The number of aromatic nitrogens is 1. The Hall–Kier alpha value is -2.35. The molecule has 3 aromatic rings. The molecule has 25 heavy (non-hydrogen) atoms. The first-order valence-corrected chi connectivity index (χ1v) is 9.21. The average molecular weight is 333 g/mol. The summed E-state index contributed by atoms with van der Waals surface area (Å²) in [6.45, 7) is 8.74. The van der Waals surface area contributed by atoms with Crippen LogP contribution < -0.4 is 0 Å². The summed E-state index contributed by atoms with van der Waals surface area (Å²) in [6.07, 6.45) is 3.25. The Bertz CT molecular complexity index is 813. The quantitative estimate of drug-likeness (QED) is 0.505. The van der Waals surface area contributed by atoms with Crippen molar-refractivity contribution >= 4 is 0 Å². The van der Waals surface area contributed by atoms with E-state index in [1.165, 1.54) is 5.56 Å². The Kier molecular flexibility index (Phi) is 5.08. The fourth-order valence-corrected chi connectivity index (χ4v) is 2.86. The molecule has 3 rings (SSSR count). The average Bonchev–Trinajstić information content (AvgIpc) is 3.10. The number of hydrogen-bond acceptors (Lipinski definition) is 2. The van der Waals surface area contributed by atoms with Crippen LogP contribution in [0.15, 0.2) is 59.0 Å². The second-order valence-corrected chi connectivity index (χ2v) is 7.25. The molecule has 0 fully saturated rings. The van der Waals surface area contributed by atoms with Crippen LogP contribution in [-0.2, 0) is 11.8 Å². The van der Waals surface area contributed by atoms with E-state index in [1.54, 1.807) is 0 Å². The molecule has 0 radical (unpaired) electrons. The fraction of sp³-hybridized carbons (Fsp3) is 0.348. The highest BCUT2D eigenvalue weighted by Gasteiger charge is 2.27. The van der Waals surface area contributed by atoms with Gasteiger partial charge in [-0.15, -0.1) is 0 Å². The monoisotopic (exact) mass is 333 g/mol. The molecule has 0 saturated heterocycles. The van der Waals surface area contributed by atoms with Crippen molar-refractivity contribution < 1.29 is 4.42 Å². The van der Waals surface area contributed by atoms with E-state index in [1.807, 2.05) is 18.2 Å². The molecule has 0 saturated carbocycles. The van der Waals surface area contributed by atoms with Crippen molar-refractivity contribution in [3.63, 3.8) is 0 Å². The Morgan fingerprint density at radius 3 is 2.16 bits per heavy atom. The number of nitrogens with zero attached hydrogens (tertiary/aromatic N) is 1. The van der Waals surface area contributed by atoms with Gasteiger partial charge >= 0.3 is 0 Å². The first-order valence-electron chi connectivity index (χ1n) is 9.21. The summed E-state index contributed by atoms with van der Waals surface area (Å²) >= 11 is 0. The number of hydrogen-bond donors (Lipinski definition) is 0. The van der Waals surface area contributed by atoms with Crippen LogP contribution in [0, 0.1) is 0 Å². The standard InChI is InChI=1S/C23H27NO/c1-5-10-17-13-15-19(16-14-17)21-20(18-11-8-7-9-12-18)24-22(25-21)23(3,4)6-2/h7-9,11-16H,5-6,10H2,1-4H3. The molecule has 0 amide bonds. The first-order chi connectivity index (χ1) is 12.0. The molecule has 1 aromatic heterocycles. The second-order valence-electron chi connectivity index (χ2n) is 7.25. The van der Waals surface area contributed by atoms with Gasteiger partial charge in [0.25, 0.3) is 0 Å². The third-order valence-corrected chi connectivity index (χ3v) is 4.89. The van der Waals surface area contributed by atoms with Gasteiger partial charge in [-0.05, 0) is 18.4 Å². The maximum atomic E-state index is 6.30. The van der Waals surface area contributed by atoms with Gasteiger partial charge in [0.15, 0.2) is 5.76 Å². The van der Waals surface area contributed by atoms with Gasteiger partial charge in [-0.1, -0.05) is 88.7 Å². The molecular formula is C23H27NO. The van der Waals surface area contributed by atoms with Crippen molar-refractivity contribution in [1.82, 2.24) is 4.98 Å². The van der Waals surface area contributed by atoms with Crippen molar-refractivity contribution in [3.05, 3.63) is 66.1 Å². The molecule has 0 spiro atoms. The highest BCUT2D eigenvalue weighted by molar-refractivity contribution is 5.77. The van der Waals surface area contributed by atoms with Crippen molar-refractivity contribution in [2.75, 3.05) is 0 Å². The van der Waals surface area contributed by atoms with Gasteiger partial charge < -0.3 is 4.42 Å². The molecule has 0 atom stereocenters. The summed E-state index contributed by atoms with van der Waals surface area (Å²) in [5.74, 6) is 1.67. The lowest BCUT2D eigenvalue weighted by Crippen LogP contribution is -2.15. The van der Waals surface area contributed by atoms with E-state index >= 15 is 0 Å². The summed E-state index contributed by atoms with van der Waals surface area (Å²) in [5.41, 5.74) is 4.40. The lowest BCUT2D eigenvalue weighted by molar-refractivity contribution is 0.365. The lowest BCUT2D eigenvalue weighted by atomic mass is 9.90. The predicted octanol–water partition coefficient (Wildman–Crippen LogP) is 6.65. The lowest BCUT2D eigenvalue weighted by Gasteiger charge is -2.17. The highest BCUT2D eigenvalue weighted by Crippen LogP contribution is 2.37. The van der Waals surface area contributed by atoms with E-state index in [9.17, 15) is 0 Å². The second kappa shape index (κ2) is 7.26. The minimum Gasteiger partial charge on any atom is -0.439 e. The third-order valence-electron chi connectivity index (χ3n) is 4.89. The zero-order valence-electron chi connectivity index (χ0n) is 15.7. The van der Waals surface area contributed by atoms with E-state index in [2.05, 4.69) is 64.1 Å². The maximum Gasteiger partial charge on any atom is 0.201 e. The van der Waals surface area contributed by atoms with E-state index in [0.29, 0.717) is 0 Å². The number of rotatable bonds is 6. The molecule has 0 N–H and O–H groups in total. The Balaban J connectivity index is 2.10. The molecule has 130 valence electrons. The molecule has 1 heterocycles. The van der Waals surface area contributed by atoms with Crippen molar-refractivity contribution in [2.24, 2.45) is 0 Å². The Labute approximate surface area is 150 Å². The molecule has 0 aliphatic carbocycles. The SMILES string of the molecule is CCCc1ccc(-c2oc(C(C)(C)CC)nc2-c2ccccc2)cc1. The number of aryl methyl sites for hydroxylation is 1. The van der Waals surface area contributed by atoms with E-state index in [4.69, 9.17) is 9.40 Å². The van der Waals surface area contributed by atoms with Gasteiger partial charge in [-0.3, -0.25) is 0 Å². The Morgan fingerprint density at radius 1 is 0.880 bits per heavy atom. The largest absolute Gasteiger partial charge is 0.439 e. The van der Waals surface area contributed by atoms with Gasteiger partial charge in [0.2, 0.25) is 5.89 Å². The third kappa shape index (κ3) is 3.68. The molecule has 2 heteroatoms. The normalized spacial score (nSPS) is 11.7. The van der Waals surface area contributed by atoms with Crippen LogP contribution >= 0.6 is 0 Å². The number of oxazole rings is 1. The van der Waals surface area contributed by atoms with Gasteiger partial charge in [0.1, 0.15) is 5.69 Å². The minimum absolute atomic E-state index is 0.0794. The van der Waals surface area contributed by atoms with Crippen LogP contribution in [0.1, 0.15) is 52.0 Å². The van der Waals surface area contributed by atoms with Crippen molar-refractivity contribution in [2.45, 2.75) is 52.4 Å². The molecule has 0 aliphatic rings. The van der Waals surface area contributed by atoms with Crippen LogP contribution in [0.4, 0.5) is 0 Å². The van der Waals surface area contributed by atoms with Crippen LogP contribution in [-0.4, -0.2) is 4.98 Å². The molecule has 0 aliphatic heterocycles. The van der Waals surface area contributed by atoms with Gasteiger partial charge in [-0.25, -0.2) is 4.98 Å². The maximum absolute atomic E-state index is 6.30. The topological polar surface area (TPSA) is 26.0 Å². The summed E-state index contributed by atoms with van der Waals surface area (Å²) in [6, 6.07) is 19.0. The molecule has 0 unspecified atom stereocenters.